The number of nitrogens with zero attached hydrogens (tertiary/aromatic N) is 2. The molecule has 0 radical (unpaired) electrons. The van der Waals surface area contributed by atoms with Gasteiger partial charge in [-0.25, -0.2) is 0 Å². The Bertz CT molecular complexity index is 130. The lowest BCUT2D eigenvalue weighted by Gasteiger charge is -2.32. The summed E-state index contributed by atoms with van der Waals surface area (Å²) in [5, 5.41) is 18.7. The second-order valence-electron chi connectivity index (χ2n) is 3.77. The molecule has 0 aromatic carbocycles. The minimum absolute atomic E-state index is 0.309. The van der Waals surface area contributed by atoms with Gasteiger partial charge >= 0.3 is 0 Å². The minimum atomic E-state index is -0.609. The monoisotopic (exact) mass is 190 g/mol. The van der Waals surface area contributed by atoms with Crippen molar-refractivity contribution in [3.8, 4) is 0 Å². The maximum absolute atomic E-state index is 9.36. The molecule has 4 nitrogen and oxygen atoms in total. The lowest BCUT2D eigenvalue weighted by molar-refractivity contribution is -0.0916. The molecule has 3 unspecified atom stereocenters. The molecule has 0 saturated heterocycles. The van der Waals surface area contributed by atoms with Gasteiger partial charge in [-0.15, -0.1) is 0 Å². The summed E-state index contributed by atoms with van der Waals surface area (Å²) in [4.78, 5) is 3.70. The van der Waals surface area contributed by atoms with E-state index in [-0.39, 0.29) is 0 Å². The quantitative estimate of drug-likeness (QED) is 0.595. The first-order valence-corrected chi connectivity index (χ1v) is 4.64. The molecule has 0 aliphatic rings. The zero-order valence-electron chi connectivity index (χ0n) is 9.23. The smallest absolute Gasteiger partial charge is 0.106 e. The highest BCUT2D eigenvalue weighted by Gasteiger charge is 2.19. The summed E-state index contributed by atoms with van der Waals surface area (Å²) in [6.45, 7) is 6.03. The number of likely N-dealkylation sites (N-methyl/N-ethyl adjacent to an activating group) is 1. The molecule has 80 valence electrons. The fraction of sp³-hybridized carbons (Fsp3) is 1.00. The molecule has 4 heteroatoms. The van der Waals surface area contributed by atoms with Crippen molar-refractivity contribution < 1.29 is 10.2 Å². The Morgan fingerprint density at radius 2 is 1.38 bits per heavy atom. The SMILES string of the molecule is CC(CN(C(C)O)C(C)O)N(C)C. The molecule has 0 saturated carbocycles. The van der Waals surface area contributed by atoms with Gasteiger partial charge in [-0.3, -0.25) is 4.90 Å². The number of rotatable bonds is 5. The number of hydrogen-bond donors (Lipinski definition) is 2. The molecule has 0 aliphatic carbocycles. The lowest BCUT2D eigenvalue weighted by atomic mass is 10.2. The van der Waals surface area contributed by atoms with Gasteiger partial charge in [0.2, 0.25) is 0 Å². The molecule has 13 heavy (non-hydrogen) atoms. The molecule has 0 aromatic rings. The van der Waals surface area contributed by atoms with E-state index in [9.17, 15) is 10.2 Å². The van der Waals surface area contributed by atoms with Crippen LogP contribution in [0.15, 0.2) is 0 Å². The largest absolute Gasteiger partial charge is 0.379 e. The molecule has 0 amide bonds. The summed E-state index contributed by atoms with van der Waals surface area (Å²) < 4.78 is 0. The average Bonchev–Trinajstić information content (AvgIpc) is 1.97. The molecule has 2 N–H and O–H groups in total. The first-order chi connectivity index (χ1) is 5.86. The van der Waals surface area contributed by atoms with Crippen LogP contribution in [0.2, 0.25) is 0 Å². The van der Waals surface area contributed by atoms with Crippen molar-refractivity contribution in [1.82, 2.24) is 9.80 Å². The summed E-state index contributed by atoms with van der Waals surface area (Å²) in [5.41, 5.74) is 0. The summed E-state index contributed by atoms with van der Waals surface area (Å²) in [7, 11) is 3.96. The van der Waals surface area contributed by atoms with Crippen LogP contribution in [0.25, 0.3) is 0 Å². The molecule has 0 spiro atoms. The summed E-state index contributed by atoms with van der Waals surface area (Å²) >= 11 is 0. The molecule has 0 aliphatic heterocycles. The van der Waals surface area contributed by atoms with Gasteiger partial charge in [0, 0.05) is 12.6 Å². The first kappa shape index (κ1) is 12.8. The fourth-order valence-electron chi connectivity index (χ4n) is 1.09. The molecule has 0 aromatic heterocycles. The van der Waals surface area contributed by atoms with Gasteiger partial charge in [-0.2, -0.15) is 0 Å². The predicted molar refractivity (Wildman–Crippen MR) is 53.2 cm³/mol. The molecule has 0 fully saturated rings. The van der Waals surface area contributed by atoms with Gasteiger partial charge in [-0.05, 0) is 34.9 Å². The predicted octanol–water partition coefficient (Wildman–Crippen LogP) is -0.0849. The molecule has 0 rings (SSSR count). The van der Waals surface area contributed by atoms with Crippen LogP contribution in [0.5, 0.6) is 0 Å². The van der Waals surface area contributed by atoms with E-state index in [2.05, 4.69) is 11.8 Å². The second-order valence-corrected chi connectivity index (χ2v) is 3.77. The van der Waals surface area contributed by atoms with Crippen LogP contribution < -0.4 is 0 Å². The third kappa shape index (κ3) is 4.57. The molecule has 3 atom stereocenters. The van der Waals surface area contributed by atoms with Gasteiger partial charge < -0.3 is 15.1 Å². The van der Waals surface area contributed by atoms with Crippen LogP contribution in [-0.2, 0) is 0 Å². The topological polar surface area (TPSA) is 46.9 Å². The normalized spacial score (nSPS) is 19.2. The number of aliphatic hydroxyl groups excluding tert-OH is 2. The van der Waals surface area contributed by atoms with Crippen molar-refractivity contribution in [1.29, 1.82) is 0 Å². The van der Waals surface area contributed by atoms with Crippen molar-refractivity contribution in [2.24, 2.45) is 0 Å². The van der Waals surface area contributed by atoms with E-state index >= 15 is 0 Å². The van der Waals surface area contributed by atoms with Crippen LogP contribution in [0, 0.1) is 0 Å². The summed E-state index contributed by atoms with van der Waals surface area (Å²) in [6, 6.07) is 0.309. The van der Waals surface area contributed by atoms with Crippen molar-refractivity contribution in [2.45, 2.75) is 39.3 Å². The zero-order chi connectivity index (χ0) is 10.6. The van der Waals surface area contributed by atoms with Crippen molar-refractivity contribution in [3.05, 3.63) is 0 Å². The molecule has 0 bridgehead atoms. The lowest BCUT2D eigenvalue weighted by Crippen LogP contribution is -2.47. The molecule has 0 heterocycles. The van der Waals surface area contributed by atoms with E-state index < -0.39 is 12.5 Å². The van der Waals surface area contributed by atoms with Gasteiger partial charge in [0.05, 0.1) is 0 Å². The number of aliphatic hydroxyl groups is 2. The van der Waals surface area contributed by atoms with E-state index in [1.165, 1.54) is 0 Å². The Morgan fingerprint density at radius 3 is 1.62 bits per heavy atom. The Labute approximate surface area is 80.8 Å². The third-order valence-electron chi connectivity index (χ3n) is 2.32. The maximum atomic E-state index is 9.36. The van der Waals surface area contributed by atoms with E-state index in [4.69, 9.17) is 0 Å². The summed E-state index contributed by atoms with van der Waals surface area (Å²) in [6.07, 6.45) is -1.22. The van der Waals surface area contributed by atoms with Crippen LogP contribution in [0.1, 0.15) is 20.8 Å². The highest BCUT2D eigenvalue weighted by molar-refractivity contribution is 4.68. The van der Waals surface area contributed by atoms with E-state index in [0.29, 0.717) is 12.6 Å². The summed E-state index contributed by atoms with van der Waals surface area (Å²) in [5.74, 6) is 0. The highest BCUT2D eigenvalue weighted by Crippen LogP contribution is 2.04. The first-order valence-electron chi connectivity index (χ1n) is 4.64. The maximum Gasteiger partial charge on any atom is 0.106 e. The number of hydrogen-bond acceptors (Lipinski definition) is 4. The van der Waals surface area contributed by atoms with Gasteiger partial charge in [0.15, 0.2) is 0 Å². The second kappa shape index (κ2) is 5.54. The van der Waals surface area contributed by atoms with Crippen molar-refractivity contribution >= 4 is 0 Å². The van der Waals surface area contributed by atoms with E-state index in [0.717, 1.165) is 0 Å². The van der Waals surface area contributed by atoms with E-state index in [1.54, 1.807) is 18.7 Å². The van der Waals surface area contributed by atoms with Crippen molar-refractivity contribution in [2.75, 3.05) is 20.6 Å². The minimum Gasteiger partial charge on any atom is -0.379 e. The zero-order valence-corrected chi connectivity index (χ0v) is 9.23. The van der Waals surface area contributed by atoms with Gasteiger partial charge in [-0.1, -0.05) is 0 Å². The van der Waals surface area contributed by atoms with E-state index in [1.807, 2.05) is 14.1 Å². The Hall–Kier alpha value is -0.160. The standard InChI is InChI=1S/C9H22N2O2/c1-7(10(4)5)6-11(8(2)12)9(3)13/h7-9,12-13H,6H2,1-5H3. The highest BCUT2D eigenvalue weighted by atomic mass is 16.3. The van der Waals surface area contributed by atoms with Crippen LogP contribution in [0.3, 0.4) is 0 Å². The van der Waals surface area contributed by atoms with Crippen LogP contribution in [-0.4, -0.2) is 59.2 Å². The fourth-order valence-corrected chi connectivity index (χ4v) is 1.09. The Balaban J connectivity index is 4.10. The Kier molecular flexibility index (Phi) is 5.48. The van der Waals surface area contributed by atoms with Gasteiger partial charge in [0.1, 0.15) is 12.5 Å². The van der Waals surface area contributed by atoms with Crippen LogP contribution >= 0.6 is 0 Å². The molecular formula is C9H22N2O2. The molecular weight excluding hydrogens is 168 g/mol. The van der Waals surface area contributed by atoms with Crippen molar-refractivity contribution in [3.63, 3.8) is 0 Å². The average molecular weight is 190 g/mol. The van der Waals surface area contributed by atoms with Gasteiger partial charge in [0.25, 0.3) is 0 Å². The third-order valence-corrected chi connectivity index (χ3v) is 2.32. The van der Waals surface area contributed by atoms with Crippen LogP contribution in [0.4, 0.5) is 0 Å². The Morgan fingerprint density at radius 1 is 1.00 bits per heavy atom.